The molecule has 2 rings (SSSR count). The molecule has 1 saturated heterocycles. The van der Waals surface area contributed by atoms with E-state index in [1.54, 1.807) is 0 Å². The van der Waals surface area contributed by atoms with Crippen LogP contribution in [0.15, 0.2) is 18.5 Å². The van der Waals surface area contributed by atoms with Crippen molar-refractivity contribution in [2.75, 3.05) is 18.4 Å². The molecule has 1 aliphatic heterocycles. The molecule has 0 bridgehead atoms. The lowest BCUT2D eigenvalue weighted by atomic mass is 10.1. The zero-order valence-electron chi connectivity index (χ0n) is 8.59. The van der Waals surface area contributed by atoms with Crippen LogP contribution in [-0.2, 0) is 0 Å². The zero-order chi connectivity index (χ0) is 9.80. The molecule has 2 N–H and O–H groups in total. The average Bonchev–Trinajstić information content (AvgIpc) is 2.19. The summed E-state index contributed by atoms with van der Waals surface area (Å²) in [5, 5.41) is 6.88. The third-order valence-corrected chi connectivity index (χ3v) is 2.58. The zero-order valence-corrected chi connectivity index (χ0v) is 8.59. The van der Waals surface area contributed by atoms with E-state index in [4.69, 9.17) is 0 Å². The van der Waals surface area contributed by atoms with Gasteiger partial charge in [0, 0.05) is 18.4 Å². The number of nitrogens with zero attached hydrogens (tertiary/aromatic N) is 1. The van der Waals surface area contributed by atoms with E-state index in [2.05, 4.69) is 28.6 Å². The summed E-state index contributed by atoms with van der Waals surface area (Å²) in [6.45, 7) is 4.31. The first kappa shape index (κ1) is 9.46. The van der Waals surface area contributed by atoms with Crippen LogP contribution in [0.25, 0.3) is 0 Å². The van der Waals surface area contributed by atoms with E-state index >= 15 is 0 Å². The van der Waals surface area contributed by atoms with Crippen LogP contribution in [0.2, 0.25) is 0 Å². The second-order valence-corrected chi connectivity index (χ2v) is 3.92. The molecule has 0 amide bonds. The standard InChI is InChI=1S/C11H17N3/c1-9-6-11(8-13-7-9)14-10-2-4-12-5-3-10/h6-8,10,12,14H,2-5H2,1H3. The molecule has 1 aromatic rings. The fourth-order valence-corrected chi connectivity index (χ4v) is 1.84. The Morgan fingerprint density at radius 1 is 1.36 bits per heavy atom. The second kappa shape index (κ2) is 4.42. The predicted octanol–water partition coefficient (Wildman–Crippen LogP) is 1.55. The Labute approximate surface area is 84.9 Å². The third-order valence-electron chi connectivity index (χ3n) is 2.58. The van der Waals surface area contributed by atoms with Crippen LogP contribution in [-0.4, -0.2) is 24.1 Å². The number of pyridine rings is 1. The van der Waals surface area contributed by atoms with E-state index in [0.29, 0.717) is 6.04 Å². The molecule has 1 aliphatic rings. The highest BCUT2D eigenvalue weighted by atomic mass is 15.0. The molecular formula is C11H17N3. The first-order valence-corrected chi connectivity index (χ1v) is 5.23. The quantitative estimate of drug-likeness (QED) is 0.744. The van der Waals surface area contributed by atoms with Gasteiger partial charge in [0.25, 0.3) is 0 Å². The van der Waals surface area contributed by atoms with Gasteiger partial charge in [-0.1, -0.05) is 0 Å². The second-order valence-electron chi connectivity index (χ2n) is 3.92. The first-order chi connectivity index (χ1) is 6.84. The highest BCUT2D eigenvalue weighted by Crippen LogP contribution is 2.13. The van der Waals surface area contributed by atoms with Crippen LogP contribution >= 0.6 is 0 Å². The van der Waals surface area contributed by atoms with E-state index in [1.807, 2.05) is 12.4 Å². The molecule has 1 fully saturated rings. The third kappa shape index (κ3) is 2.45. The number of hydrogen-bond donors (Lipinski definition) is 2. The lowest BCUT2D eigenvalue weighted by molar-refractivity contribution is 0.479. The lowest BCUT2D eigenvalue weighted by Crippen LogP contribution is -2.35. The van der Waals surface area contributed by atoms with E-state index in [0.717, 1.165) is 18.8 Å². The molecule has 1 aromatic heterocycles. The molecule has 0 aliphatic carbocycles. The minimum absolute atomic E-state index is 0.611. The number of hydrogen-bond acceptors (Lipinski definition) is 3. The largest absolute Gasteiger partial charge is 0.381 e. The van der Waals surface area contributed by atoms with Crippen molar-refractivity contribution >= 4 is 5.69 Å². The minimum atomic E-state index is 0.611. The minimum Gasteiger partial charge on any atom is -0.381 e. The average molecular weight is 191 g/mol. The summed E-state index contributed by atoms with van der Waals surface area (Å²) in [5.74, 6) is 0. The Morgan fingerprint density at radius 3 is 2.86 bits per heavy atom. The van der Waals surface area contributed by atoms with E-state index < -0.39 is 0 Å². The summed E-state index contributed by atoms with van der Waals surface area (Å²) in [5.41, 5.74) is 2.36. The van der Waals surface area contributed by atoms with Crippen LogP contribution in [0.5, 0.6) is 0 Å². The Balaban J connectivity index is 1.95. The predicted molar refractivity (Wildman–Crippen MR) is 58.5 cm³/mol. The molecule has 76 valence electrons. The molecule has 0 radical (unpaired) electrons. The summed E-state index contributed by atoms with van der Waals surface area (Å²) in [4.78, 5) is 4.17. The van der Waals surface area contributed by atoms with Gasteiger partial charge >= 0.3 is 0 Å². The van der Waals surface area contributed by atoms with Crippen molar-refractivity contribution < 1.29 is 0 Å². The maximum atomic E-state index is 4.17. The Kier molecular flexibility index (Phi) is 2.99. The van der Waals surface area contributed by atoms with Crippen molar-refractivity contribution in [3.8, 4) is 0 Å². The van der Waals surface area contributed by atoms with Crippen molar-refractivity contribution in [3.63, 3.8) is 0 Å². The molecule has 0 aromatic carbocycles. The van der Waals surface area contributed by atoms with E-state index in [-0.39, 0.29) is 0 Å². The number of rotatable bonds is 2. The van der Waals surface area contributed by atoms with E-state index in [9.17, 15) is 0 Å². The fourth-order valence-electron chi connectivity index (χ4n) is 1.84. The van der Waals surface area contributed by atoms with Crippen LogP contribution < -0.4 is 10.6 Å². The van der Waals surface area contributed by atoms with Gasteiger partial charge in [0.2, 0.25) is 0 Å². The monoisotopic (exact) mass is 191 g/mol. The molecule has 0 atom stereocenters. The van der Waals surface area contributed by atoms with Crippen molar-refractivity contribution in [3.05, 3.63) is 24.0 Å². The number of piperidine rings is 1. The van der Waals surface area contributed by atoms with Gasteiger partial charge in [-0.25, -0.2) is 0 Å². The summed E-state index contributed by atoms with van der Waals surface area (Å²) >= 11 is 0. The summed E-state index contributed by atoms with van der Waals surface area (Å²) in [6, 6.07) is 2.76. The van der Waals surface area contributed by atoms with Crippen molar-refractivity contribution in [1.29, 1.82) is 0 Å². The van der Waals surface area contributed by atoms with Gasteiger partial charge in [0.15, 0.2) is 0 Å². The summed E-state index contributed by atoms with van der Waals surface area (Å²) < 4.78 is 0. The van der Waals surface area contributed by atoms with Crippen LogP contribution in [0.1, 0.15) is 18.4 Å². The normalized spacial score (nSPS) is 18.1. The number of aryl methyl sites for hydroxylation is 1. The van der Waals surface area contributed by atoms with Crippen LogP contribution in [0, 0.1) is 6.92 Å². The summed E-state index contributed by atoms with van der Waals surface area (Å²) in [7, 11) is 0. The summed E-state index contributed by atoms with van der Waals surface area (Å²) in [6.07, 6.45) is 6.19. The van der Waals surface area contributed by atoms with Gasteiger partial charge in [0.05, 0.1) is 5.69 Å². The lowest BCUT2D eigenvalue weighted by Gasteiger charge is -2.24. The molecule has 0 saturated carbocycles. The van der Waals surface area contributed by atoms with Gasteiger partial charge in [-0.15, -0.1) is 0 Å². The highest BCUT2D eigenvalue weighted by molar-refractivity contribution is 5.43. The van der Waals surface area contributed by atoms with E-state index in [1.165, 1.54) is 18.4 Å². The Hall–Kier alpha value is -1.09. The number of aromatic nitrogens is 1. The molecular weight excluding hydrogens is 174 g/mol. The smallest absolute Gasteiger partial charge is 0.0531 e. The molecule has 2 heterocycles. The van der Waals surface area contributed by atoms with Crippen LogP contribution in [0.4, 0.5) is 5.69 Å². The topological polar surface area (TPSA) is 37.0 Å². The van der Waals surface area contributed by atoms with Crippen molar-refractivity contribution in [1.82, 2.24) is 10.3 Å². The van der Waals surface area contributed by atoms with Gasteiger partial charge in [-0.3, -0.25) is 4.98 Å². The molecule has 3 heteroatoms. The van der Waals surface area contributed by atoms with Gasteiger partial charge in [0.1, 0.15) is 0 Å². The Morgan fingerprint density at radius 2 is 2.14 bits per heavy atom. The first-order valence-electron chi connectivity index (χ1n) is 5.23. The molecule has 0 unspecified atom stereocenters. The van der Waals surface area contributed by atoms with Gasteiger partial charge in [-0.05, 0) is 44.5 Å². The van der Waals surface area contributed by atoms with Gasteiger partial charge < -0.3 is 10.6 Å². The molecule has 0 spiro atoms. The Bertz CT molecular complexity index is 292. The maximum Gasteiger partial charge on any atom is 0.0531 e. The number of nitrogens with one attached hydrogen (secondary N) is 2. The van der Waals surface area contributed by atoms with Crippen molar-refractivity contribution in [2.45, 2.75) is 25.8 Å². The molecule has 14 heavy (non-hydrogen) atoms. The van der Waals surface area contributed by atoms with Crippen molar-refractivity contribution in [2.24, 2.45) is 0 Å². The molecule has 3 nitrogen and oxygen atoms in total. The maximum absolute atomic E-state index is 4.17. The number of anilines is 1. The SMILES string of the molecule is Cc1cncc(NC2CCNCC2)c1. The fraction of sp³-hybridized carbons (Fsp3) is 0.545. The van der Waals surface area contributed by atoms with Crippen LogP contribution in [0.3, 0.4) is 0 Å². The van der Waals surface area contributed by atoms with Gasteiger partial charge in [-0.2, -0.15) is 0 Å². The highest BCUT2D eigenvalue weighted by Gasteiger charge is 2.12.